The molecule has 0 radical (unpaired) electrons. The maximum Gasteiger partial charge on any atom is 0.339 e. The van der Waals surface area contributed by atoms with E-state index in [1.165, 1.54) is 0 Å². The zero-order valence-electron chi connectivity index (χ0n) is 11.3. The molecule has 1 aromatic heterocycles. The molecule has 0 N–H and O–H groups in total. The molecule has 2 heterocycles. The van der Waals surface area contributed by atoms with Gasteiger partial charge in [0.2, 0.25) is 0 Å². The molecule has 1 aromatic carbocycles. The Morgan fingerprint density at radius 2 is 2.05 bits per heavy atom. The molecule has 4 heteroatoms. The first-order valence-corrected chi connectivity index (χ1v) is 6.31. The van der Waals surface area contributed by atoms with E-state index in [2.05, 4.69) is 9.55 Å². The Hall–Kier alpha value is -2.10. The van der Waals surface area contributed by atoms with Gasteiger partial charge in [0.15, 0.2) is 0 Å². The Morgan fingerprint density at radius 1 is 1.32 bits per heavy atom. The molecule has 0 fully saturated rings. The Bertz CT molecular complexity index is 643. The molecule has 19 heavy (non-hydrogen) atoms. The van der Waals surface area contributed by atoms with Crippen molar-refractivity contribution in [2.75, 3.05) is 0 Å². The fraction of sp³-hybridized carbons (Fsp3) is 0.333. The van der Waals surface area contributed by atoms with Crippen molar-refractivity contribution in [3.63, 3.8) is 0 Å². The zero-order valence-corrected chi connectivity index (χ0v) is 11.3. The van der Waals surface area contributed by atoms with Crippen LogP contribution in [0.1, 0.15) is 41.5 Å². The van der Waals surface area contributed by atoms with Gasteiger partial charge < -0.3 is 9.30 Å². The maximum atomic E-state index is 12.1. The Balaban J connectivity index is 2.24. The van der Waals surface area contributed by atoms with E-state index in [0.717, 1.165) is 11.3 Å². The van der Waals surface area contributed by atoms with Gasteiger partial charge in [0.05, 0.1) is 17.9 Å². The van der Waals surface area contributed by atoms with Gasteiger partial charge in [-0.3, -0.25) is 0 Å². The molecule has 0 unspecified atom stereocenters. The highest BCUT2D eigenvalue weighted by atomic mass is 16.6. The van der Waals surface area contributed by atoms with Crippen molar-refractivity contribution in [1.29, 1.82) is 0 Å². The van der Waals surface area contributed by atoms with Crippen LogP contribution in [0.3, 0.4) is 0 Å². The fourth-order valence-corrected chi connectivity index (χ4v) is 2.77. The predicted molar refractivity (Wildman–Crippen MR) is 71.0 cm³/mol. The number of hydrogen-bond acceptors (Lipinski definition) is 3. The summed E-state index contributed by atoms with van der Waals surface area (Å²) in [6.45, 7) is 5.87. The number of esters is 1. The van der Waals surface area contributed by atoms with E-state index in [-0.39, 0.29) is 12.0 Å². The van der Waals surface area contributed by atoms with Gasteiger partial charge in [0.1, 0.15) is 5.60 Å². The number of benzene rings is 1. The molecule has 98 valence electrons. The minimum Gasteiger partial charge on any atom is -0.453 e. The third-order valence-electron chi connectivity index (χ3n) is 3.63. The molecule has 0 amide bonds. The second-order valence-electron chi connectivity index (χ2n) is 5.43. The number of nitrogens with zero attached hydrogens (tertiary/aromatic N) is 2. The molecule has 0 spiro atoms. The second-order valence-corrected chi connectivity index (χ2v) is 5.43. The number of rotatable bonds is 1. The molecule has 1 atom stereocenters. The molecule has 0 saturated heterocycles. The van der Waals surface area contributed by atoms with Crippen molar-refractivity contribution >= 4 is 5.97 Å². The summed E-state index contributed by atoms with van der Waals surface area (Å²) in [5.41, 5.74) is 2.08. The third-order valence-corrected chi connectivity index (χ3v) is 3.63. The Labute approximate surface area is 112 Å². The number of cyclic esters (lactones) is 1. The summed E-state index contributed by atoms with van der Waals surface area (Å²) >= 11 is 0. The number of aryl methyl sites for hydroxylation is 1. The summed E-state index contributed by atoms with van der Waals surface area (Å²) in [7, 11) is 0. The SMILES string of the molecule is Cc1cncn1[C@@H]1c2ccccc2C(=O)OC1(C)C. The average molecular weight is 256 g/mol. The van der Waals surface area contributed by atoms with E-state index < -0.39 is 5.60 Å². The van der Waals surface area contributed by atoms with Crippen molar-refractivity contribution in [2.24, 2.45) is 0 Å². The minimum atomic E-state index is -0.600. The van der Waals surface area contributed by atoms with E-state index in [4.69, 9.17) is 4.74 Å². The monoisotopic (exact) mass is 256 g/mol. The van der Waals surface area contributed by atoms with Crippen LogP contribution in [0.25, 0.3) is 0 Å². The summed E-state index contributed by atoms with van der Waals surface area (Å²) in [4.78, 5) is 16.2. The second kappa shape index (κ2) is 3.95. The summed E-state index contributed by atoms with van der Waals surface area (Å²) in [6, 6.07) is 7.56. The van der Waals surface area contributed by atoms with Gasteiger partial charge in [-0.05, 0) is 32.4 Å². The van der Waals surface area contributed by atoms with E-state index in [1.54, 1.807) is 6.33 Å². The van der Waals surface area contributed by atoms with Crippen LogP contribution in [0.2, 0.25) is 0 Å². The topological polar surface area (TPSA) is 44.1 Å². The average Bonchev–Trinajstić information content (AvgIpc) is 2.75. The molecule has 1 aliphatic rings. The van der Waals surface area contributed by atoms with Crippen molar-refractivity contribution in [1.82, 2.24) is 9.55 Å². The molecule has 4 nitrogen and oxygen atoms in total. The van der Waals surface area contributed by atoms with E-state index in [9.17, 15) is 4.79 Å². The van der Waals surface area contributed by atoms with Crippen LogP contribution >= 0.6 is 0 Å². The van der Waals surface area contributed by atoms with Gasteiger partial charge in [0, 0.05) is 11.9 Å². The van der Waals surface area contributed by atoms with E-state index in [0.29, 0.717) is 5.56 Å². The lowest BCUT2D eigenvalue weighted by Gasteiger charge is -2.40. The van der Waals surface area contributed by atoms with E-state index in [1.807, 2.05) is 51.2 Å². The maximum absolute atomic E-state index is 12.1. The zero-order chi connectivity index (χ0) is 13.6. The highest BCUT2D eigenvalue weighted by molar-refractivity contribution is 5.92. The van der Waals surface area contributed by atoms with Crippen LogP contribution in [-0.2, 0) is 4.74 Å². The highest BCUT2D eigenvalue weighted by Gasteiger charge is 2.42. The third kappa shape index (κ3) is 1.75. The normalized spacial score (nSPS) is 20.8. The molecule has 0 saturated carbocycles. The number of ether oxygens (including phenoxy) is 1. The molecule has 0 bridgehead atoms. The largest absolute Gasteiger partial charge is 0.453 e. The molecule has 1 aliphatic heterocycles. The van der Waals surface area contributed by atoms with Crippen LogP contribution in [0.5, 0.6) is 0 Å². The summed E-state index contributed by atoms with van der Waals surface area (Å²) in [6.07, 6.45) is 3.60. The molecular formula is C15H16N2O2. The van der Waals surface area contributed by atoms with Crippen LogP contribution in [0.15, 0.2) is 36.8 Å². The van der Waals surface area contributed by atoms with Gasteiger partial charge in [-0.2, -0.15) is 0 Å². The molecular weight excluding hydrogens is 240 g/mol. The first-order valence-electron chi connectivity index (χ1n) is 6.31. The first kappa shape index (κ1) is 12.0. The number of carbonyl (C=O) groups excluding carboxylic acids is 1. The lowest BCUT2D eigenvalue weighted by molar-refractivity contribution is -0.0264. The van der Waals surface area contributed by atoms with Gasteiger partial charge in [-0.1, -0.05) is 18.2 Å². The lowest BCUT2D eigenvalue weighted by atomic mass is 9.85. The standard InChI is InChI=1S/C15H16N2O2/c1-10-8-16-9-17(10)13-11-6-4-5-7-12(11)14(18)19-15(13,2)3/h4-9,13H,1-3H3/t13-/m1/s1. The minimum absolute atomic E-state index is 0.0519. The van der Waals surface area contributed by atoms with Crippen LogP contribution in [-0.4, -0.2) is 21.1 Å². The van der Waals surface area contributed by atoms with Crippen molar-refractivity contribution in [3.8, 4) is 0 Å². The number of fused-ring (bicyclic) bond motifs is 1. The number of carbonyl (C=O) groups is 1. The molecule has 2 aromatic rings. The van der Waals surface area contributed by atoms with Gasteiger partial charge in [0.25, 0.3) is 0 Å². The number of imidazole rings is 1. The van der Waals surface area contributed by atoms with Gasteiger partial charge in [-0.25, -0.2) is 9.78 Å². The molecule has 3 rings (SSSR count). The molecule has 0 aliphatic carbocycles. The summed E-state index contributed by atoms with van der Waals surface area (Å²) in [5.74, 6) is -0.255. The first-order chi connectivity index (χ1) is 9.00. The summed E-state index contributed by atoms with van der Waals surface area (Å²) in [5, 5.41) is 0. The summed E-state index contributed by atoms with van der Waals surface area (Å²) < 4.78 is 7.66. The fourth-order valence-electron chi connectivity index (χ4n) is 2.77. The van der Waals surface area contributed by atoms with Crippen LogP contribution in [0, 0.1) is 6.92 Å². The highest BCUT2D eigenvalue weighted by Crippen LogP contribution is 2.40. The van der Waals surface area contributed by atoms with Crippen molar-refractivity contribution in [2.45, 2.75) is 32.4 Å². The smallest absolute Gasteiger partial charge is 0.339 e. The lowest BCUT2D eigenvalue weighted by Crippen LogP contribution is -2.43. The Kier molecular flexibility index (Phi) is 2.49. The van der Waals surface area contributed by atoms with Crippen molar-refractivity contribution in [3.05, 3.63) is 53.6 Å². The van der Waals surface area contributed by atoms with Gasteiger partial charge in [-0.15, -0.1) is 0 Å². The van der Waals surface area contributed by atoms with Crippen LogP contribution < -0.4 is 0 Å². The number of aromatic nitrogens is 2. The predicted octanol–water partition coefficient (Wildman–Crippen LogP) is 2.73. The van der Waals surface area contributed by atoms with Crippen molar-refractivity contribution < 1.29 is 9.53 Å². The van der Waals surface area contributed by atoms with E-state index >= 15 is 0 Å². The Morgan fingerprint density at radius 3 is 2.74 bits per heavy atom. The van der Waals surface area contributed by atoms with Gasteiger partial charge >= 0.3 is 5.97 Å². The van der Waals surface area contributed by atoms with Crippen LogP contribution in [0.4, 0.5) is 0 Å². The number of hydrogen-bond donors (Lipinski definition) is 0. The quantitative estimate of drug-likeness (QED) is 0.737.